The summed E-state index contributed by atoms with van der Waals surface area (Å²) in [4.78, 5) is 13.4. The summed E-state index contributed by atoms with van der Waals surface area (Å²) in [5.74, 6) is -3.02. The van der Waals surface area contributed by atoms with Gasteiger partial charge in [0.25, 0.3) is 5.92 Å². The van der Waals surface area contributed by atoms with Gasteiger partial charge in [0, 0.05) is 24.9 Å². The molecule has 92 valence electrons. The number of rotatable bonds is 1. The monoisotopic (exact) mass is 233 g/mol. The topological polar surface area (TPSA) is 29.5 Å². The van der Waals surface area contributed by atoms with Gasteiger partial charge in [0.1, 0.15) is 0 Å². The molecule has 2 bridgehead atoms. The second kappa shape index (κ2) is 3.95. The number of carbonyl (C=O) groups excluding carboxylic acids is 1. The van der Waals surface area contributed by atoms with Gasteiger partial charge in [-0.1, -0.05) is 0 Å². The molecule has 0 aromatic carbocycles. The number of hydrogen-bond acceptors (Lipinski definition) is 3. The highest BCUT2D eigenvalue weighted by atomic mass is 19.3. The normalized spacial score (nSPS) is 38.1. The molecule has 2 aliphatic heterocycles. The molecule has 0 N–H and O–H groups in total. The number of ether oxygens (including phenoxy) is 1. The molecule has 0 saturated carbocycles. The number of methoxy groups -OCH3 is 1. The molecular weight excluding hydrogens is 216 g/mol. The van der Waals surface area contributed by atoms with Crippen LogP contribution >= 0.6 is 0 Å². The Kier molecular flexibility index (Phi) is 2.90. The average Bonchev–Trinajstić information content (AvgIpc) is 2.19. The number of fused-ring (bicyclic) bond motifs is 2. The Morgan fingerprint density at radius 3 is 2.25 bits per heavy atom. The molecule has 2 fully saturated rings. The lowest BCUT2D eigenvalue weighted by atomic mass is 9.77. The Balaban J connectivity index is 2.10. The van der Waals surface area contributed by atoms with Gasteiger partial charge >= 0.3 is 5.97 Å². The Labute approximate surface area is 93.7 Å². The van der Waals surface area contributed by atoms with Crippen molar-refractivity contribution >= 4 is 5.97 Å². The summed E-state index contributed by atoms with van der Waals surface area (Å²) in [5.41, 5.74) is 0. The average molecular weight is 233 g/mol. The van der Waals surface area contributed by atoms with E-state index in [1.807, 2.05) is 11.9 Å². The van der Waals surface area contributed by atoms with E-state index in [0.29, 0.717) is 12.8 Å². The minimum absolute atomic E-state index is 0.131. The summed E-state index contributed by atoms with van der Waals surface area (Å²) < 4.78 is 31.4. The standard InChI is InChI=1S/C11H17F2NO2/c1-14-8-3-7(10(15)16-2)4-9(14)6-11(12,13)5-8/h7-9H,3-6H2,1-2H3. The lowest BCUT2D eigenvalue weighted by Crippen LogP contribution is -2.56. The van der Waals surface area contributed by atoms with E-state index >= 15 is 0 Å². The molecule has 5 heteroatoms. The van der Waals surface area contributed by atoms with Gasteiger partial charge in [-0.2, -0.15) is 0 Å². The van der Waals surface area contributed by atoms with Crippen LogP contribution in [0.3, 0.4) is 0 Å². The molecule has 2 heterocycles. The molecular formula is C11H17F2NO2. The third kappa shape index (κ3) is 2.05. The third-order valence-electron chi connectivity index (χ3n) is 3.87. The maximum atomic E-state index is 13.4. The van der Waals surface area contributed by atoms with Crippen LogP contribution in [0.4, 0.5) is 8.78 Å². The van der Waals surface area contributed by atoms with Crippen LogP contribution in [0.1, 0.15) is 25.7 Å². The van der Waals surface area contributed by atoms with Crippen LogP contribution in [0.25, 0.3) is 0 Å². The maximum absolute atomic E-state index is 13.4. The van der Waals surface area contributed by atoms with Crippen LogP contribution in [0.15, 0.2) is 0 Å². The van der Waals surface area contributed by atoms with Crippen molar-refractivity contribution in [2.45, 2.75) is 43.7 Å². The number of nitrogens with zero attached hydrogens (tertiary/aromatic N) is 1. The van der Waals surface area contributed by atoms with E-state index in [2.05, 4.69) is 0 Å². The molecule has 0 aromatic heterocycles. The van der Waals surface area contributed by atoms with E-state index in [1.165, 1.54) is 7.11 Å². The van der Waals surface area contributed by atoms with Gasteiger partial charge in [-0.15, -0.1) is 0 Å². The lowest BCUT2D eigenvalue weighted by molar-refractivity contribution is -0.157. The van der Waals surface area contributed by atoms with Crippen molar-refractivity contribution < 1.29 is 18.3 Å². The lowest BCUT2D eigenvalue weighted by Gasteiger charge is -2.48. The number of esters is 1. The van der Waals surface area contributed by atoms with Gasteiger partial charge in [0.15, 0.2) is 0 Å². The second-order valence-electron chi connectivity index (χ2n) is 4.93. The summed E-state index contributed by atoms with van der Waals surface area (Å²) >= 11 is 0. The first-order valence-corrected chi connectivity index (χ1v) is 5.60. The van der Waals surface area contributed by atoms with Crippen LogP contribution in [-0.4, -0.2) is 43.0 Å². The molecule has 0 amide bonds. The van der Waals surface area contributed by atoms with Gasteiger partial charge in [-0.05, 0) is 19.9 Å². The number of hydrogen-bond donors (Lipinski definition) is 0. The Morgan fingerprint density at radius 1 is 1.31 bits per heavy atom. The first-order chi connectivity index (χ1) is 7.43. The van der Waals surface area contributed by atoms with E-state index in [9.17, 15) is 13.6 Å². The van der Waals surface area contributed by atoms with Crippen LogP contribution in [0.5, 0.6) is 0 Å². The first-order valence-electron chi connectivity index (χ1n) is 5.60. The highest BCUT2D eigenvalue weighted by Crippen LogP contribution is 2.43. The highest BCUT2D eigenvalue weighted by molar-refractivity contribution is 5.72. The molecule has 2 unspecified atom stereocenters. The fourth-order valence-electron chi connectivity index (χ4n) is 2.97. The van der Waals surface area contributed by atoms with Crippen LogP contribution in [-0.2, 0) is 9.53 Å². The highest BCUT2D eigenvalue weighted by Gasteiger charge is 2.49. The van der Waals surface area contributed by atoms with E-state index in [1.54, 1.807) is 0 Å². The van der Waals surface area contributed by atoms with E-state index in [-0.39, 0.29) is 36.8 Å². The molecule has 0 radical (unpaired) electrons. The molecule has 2 rings (SSSR count). The fraction of sp³-hybridized carbons (Fsp3) is 0.909. The number of piperidine rings is 2. The predicted octanol–water partition coefficient (Wildman–Crippen LogP) is 1.67. The summed E-state index contributed by atoms with van der Waals surface area (Å²) in [6, 6.07) is -0.377. The summed E-state index contributed by atoms with van der Waals surface area (Å²) in [6.07, 6.45) is 0.728. The van der Waals surface area contributed by atoms with Gasteiger partial charge in [-0.25, -0.2) is 8.78 Å². The van der Waals surface area contributed by atoms with Gasteiger partial charge in [0.05, 0.1) is 13.0 Å². The van der Waals surface area contributed by atoms with E-state index in [0.717, 1.165) is 0 Å². The first kappa shape index (κ1) is 11.8. The van der Waals surface area contributed by atoms with Crippen molar-refractivity contribution in [3.63, 3.8) is 0 Å². The zero-order chi connectivity index (χ0) is 11.9. The minimum atomic E-state index is -2.57. The van der Waals surface area contributed by atoms with Gasteiger partial charge in [-0.3, -0.25) is 9.69 Å². The summed E-state index contributed by atoms with van der Waals surface area (Å²) in [6.45, 7) is 0. The Morgan fingerprint density at radius 2 is 1.81 bits per heavy atom. The number of halogens is 2. The fourth-order valence-corrected chi connectivity index (χ4v) is 2.97. The zero-order valence-corrected chi connectivity index (χ0v) is 9.58. The smallest absolute Gasteiger partial charge is 0.308 e. The predicted molar refractivity (Wildman–Crippen MR) is 54.3 cm³/mol. The second-order valence-corrected chi connectivity index (χ2v) is 4.93. The molecule has 16 heavy (non-hydrogen) atoms. The molecule has 0 aromatic rings. The summed E-state index contributed by atoms with van der Waals surface area (Å²) in [7, 11) is 3.23. The number of carbonyl (C=O) groups is 1. The zero-order valence-electron chi connectivity index (χ0n) is 9.58. The molecule has 0 aliphatic carbocycles. The summed E-state index contributed by atoms with van der Waals surface area (Å²) in [5, 5.41) is 0. The van der Waals surface area contributed by atoms with E-state index < -0.39 is 5.92 Å². The van der Waals surface area contributed by atoms with Crippen molar-refractivity contribution in [3.05, 3.63) is 0 Å². The van der Waals surface area contributed by atoms with Gasteiger partial charge in [0.2, 0.25) is 0 Å². The maximum Gasteiger partial charge on any atom is 0.308 e. The van der Waals surface area contributed by atoms with Crippen molar-refractivity contribution in [2.75, 3.05) is 14.2 Å². The van der Waals surface area contributed by atoms with Crippen molar-refractivity contribution in [2.24, 2.45) is 5.92 Å². The Hall–Kier alpha value is -0.710. The molecule has 0 spiro atoms. The molecule has 2 atom stereocenters. The van der Waals surface area contributed by atoms with Gasteiger partial charge < -0.3 is 4.74 Å². The van der Waals surface area contributed by atoms with Crippen LogP contribution in [0.2, 0.25) is 0 Å². The largest absolute Gasteiger partial charge is 0.469 e. The molecule has 2 saturated heterocycles. The van der Waals surface area contributed by atoms with Crippen molar-refractivity contribution in [1.82, 2.24) is 4.90 Å². The van der Waals surface area contributed by atoms with Crippen molar-refractivity contribution in [3.8, 4) is 0 Å². The van der Waals surface area contributed by atoms with E-state index in [4.69, 9.17) is 4.74 Å². The minimum Gasteiger partial charge on any atom is -0.469 e. The third-order valence-corrected chi connectivity index (χ3v) is 3.87. The molecule has 3 nitrogen and oxygen atoms in total. The molecule has 2 aliphatic rings. The Bertz CT molecular complexity index is 278. The SMILES string of the molecule is COC(=O)C1CC2CC(F)(F)CC(C1)N2C. The van der Waals surface area contributed by atoms with Crippen molar-refractivity contribution in [1.29, 1.82) is 0 Å². The van der Waals surface area contributed by atoms with Crippen LogP contribution < -0.4 is 0 Å². The van der Waals surface area contributed by atoms with Crippen LogP contribution in [0, 0.1) is 5.92 Å². The quantitative estimate of drug-likeness (QED) is 0.645. The number of alkyl halides is 2.